The van der Waals surface area contributed by atoms with Gasteiger partial charge in [-0.15, -0.1) is 18.3 Å². The largest absolute Gasteiger partial charge is 0.342 e. The third kappa shape index (κ3) is 7.09. The van der Waals surface area contributed by atoms with Crippen molar-refractivity contribution in [2.24, 2.45) is 0 Å². The molecule has 6 rings (SSSR count). The normalized spacial score (nSPS) is 23.6. The van der Waals surface area contributed by atoms with Gasteiger partial charge in [0.05, 0.1) is 5.25 Å². The molecular weight excluding hydrogens is 582 g/mol. The highest BCUT2D eigenvalue weighted by atomic mass is 32.2. The van der Waals surface area contributed by atoms with E-state index in [4.69, 9.17) is 0 Å². The van der Waals surface area contributed by atoms with Gasteiger partial charge in [-0.25, -0.2) is 4.79 Å². The third-order valence-corrected chi connectivity index (χ3v) is 11.6. The molecule has 4 heterocycles. The van der Waals surface area contributed by atoms with Gasteiger partial charge in [0.15, 0.2) is 0 Å². The molecule has 3 saturated heterocycles. The Morgan fingerprint density at radius 3 is 2.36 bits per heavy atom. The van der Waals surface area contributed by atoms with E-state index in [1.165, 1.54) is 11.1 Å². The van der Waals surface area contributed by atoms with Gasteiger partial charge in [0.25, 0.3) is 0 Å². The number of hydrogen-bond donors (Lipinski definition) is 1. The second-order valence-electron chi connectivity index (χ2n) is 13.3. The van der Waals surface area contributed by atoms with Crippen LogP contribution >= 0.6 is 11.8 Å². The number of urea groups is 1. The number of likely N-dealkylation sites (tertiary alicyclic amines) is 2. The van der Waals surface area contributed by atoms with Gasteiger partial charge in [-0.1, -0.05) is 48.0 Å². The van der Waals surface area contributed by atoms with Crippen LogP contribution in [0.15, 0.2) is 60.7 Å². The first kappa shape index (κ1) is 31.7. The van der Waals surface area contributed by atoms with Crippen LogP contribution in [0.3, 0.4) is 0 Å². The molecular formula is C36H47N5O3S. The van der Waals surface area contributed by atoms with Gasteiger partial charge in [0.2, 0.25) is 11.8 Å². The standard InChI is InChI=1S/C36H47N5O3S/c1-25(2)12-22-41-34(43)32(45-35(41)30-10-6-5-9-29(30)26-13-18-38(3)19-14-26)24-33(42)39-20-16-28(17-21-39)40-23-15-27-8-4-7-11-31(27)37-36(40)44/h4-11,26,28,32,35H,1,12-24H2,2-3H3,(H,37,44)/t32-,35?/m0/s1. The summed E-state index contributed by atoms with van der Waals surface area (Å²) in [5, 5.41) is 2.58. The number of carbonyl (C=O) groups is 3. The van der Waals surface area contributed by atoms with Crippen LogP contribution in [0, 0.1) is 0 Å². The molecule has 4 amide bonds. The second kappa shape index (κ2) is 14.0. The van der Waals surface area contributed by atoms with Crippen molar-refractivity contribution >= 4 is 35.3 Å². The highest BCUT2D eigenvalue weighted by molar-refractivity contribution is 8.01. The topological polar surface area (TPSA) is 76.2 Å². The molecule has 4 aliphatic heterocycles. The number of anilines is 1. The molecule has 4 aliphatic rings. The molecule has 45 heavy (non-hydrogen) atoms. The van der Waals surface area contributed by atoms with Crippen LogP contribution < -0.4 is 5.32 Å². The Labute approximate surface area is 272 Å². The number of nitrogens with one attached hydrogen (secondary N) is 1. The zero-order valence-corrected chi connectivity index (χ0v) is 27.6. The average molecular weight is 630 g/mol. The predicted octanol–water partition coefficient (Wildman–Crippen LogP) is 5.88. The van der Waals surface area contributed by atoms with E-state index in [-0.39, 0.29) is 35.7 Å². The summed E-state index contributed by atoms with van der Waals surface area (Å²) in [7, 11) is 2.18. The van der Waals surface area contributed by atoms with E-state index >= 15 is 0 Å². The Kier molecular flexibility index (Phi) is 9.85. The monoisotopic (exact) mass is 629 g/mol. The van der Waals surface area contributed by atoms with Crippen LogP contribution in [0.25, 0.3) is 0 Å². The summed E-state index contributed by atoms with van der Waals surface area (Å²) in [6.45, 7) is 10.8. The van der Waals surface area contributed by atoms with E-state index in [0.29, 0.717) is 32.1 Å². The molecule has 0 bridgehead atoms. The first-order valence-corrected chi connectivity index (χ1v) is 17.5. The molecule has 2 aromatic carbocycles. The maximum atomic E-state index is 13.9. The third-order valence-electron chi connectivity index (χ3n) is 10.1. The summed E-state index contributed by atoms with van der Waals surface area (Å²) >= 11 is 1.65. The van der Waals surface area contributed by atoms with Gasteiger partial charge in [-0.2, -0.15) is 0 Å². The lowest BCUT2D eigenvalue weighted by Crippen LogP contribution is -2.50. The maximum absolute atomic E-state index is 13.9. The highest BCUT2D eigenvalue weighted by Crippen LogP contribution is 2.47. The molecule has 0 aromatic heterocycles. The number of thioether (sulfide) groups is 1. The minimum Gasteiger partial charge on any atom is -0.342 e. The van der Waals surface area contributed by atoms with E-state index in [2.05, 4.69) is 54.2 Å². The Hall–Kier alpha value is -3.30. The summed E-state index contributed by atoms with van der Waals surface area (Å²) in [6, 6.07) is 16.7. The van der Waals surface area contributed by atoms with E-state index < -0.39 is 5.25 Å². The number of hydrogen-bond acceptors (Lipinski definition) is 5. The number of nitrogens with zero attached hydrogens (tertiary/aromatic N) is 4. The van der Waals surface area contributed by atoms with Crippen molar-refractivity contribution in [3.05, 3.63) is 77.4 Å². The summed E-state index contributed by atoms with van der Waals surface area (Å²) in [5.74, 6) is 0.586. The van der Waals surface area contributed by atoms with Crippen LogP contribution in [0.2, 0.25) is 0 Å². The minimum atomic E-state index is -0.397. The lowest BCUT2D eigenvalue weighted by Gasteiger charge is -2.38. The number of benzene rings is 2. The number of carbonyl (C=O) groups excluding carboxylic acids is 3. The first-order valence-electron chi connectivity index (χ1n) is 16.6. The lowest BCUT2D eigenvalue weighted by atomic mass is 9.86. The zero-order valence-electron chi connectivity index (χ0n) is 26.7. The van der Waals surface area contributed by atoms with Gasteiger partial charge in [0.1, 0.15) is 5.37 Å². The van der Waals surface area contributed by atoms with Crippen LogP contribution in [-0.2, 0) is 16.0 Å². The minimum absolute atomic E-state index is 0.0381. The van der Waals surface area contributed by atoms with E-state index in [9.17, 15) is 14.4 Å². The Morgan fingerprint density at radius 1 is 0.933 bits per heavy atom. The molecule has 0 radical (unpaired) electrons. The zero-order chi connectivity index (χ0) is 31.5. The van der Waals surface area contributed by atoms with Crippen LogP contribution in [0.4, 0.5) is 10.5 Å². The number of para-hydroxylation sites is 1. The van der Waals surface area contributed by atoms with Gasteiger partial charge >= 0.3 is 6.03 Å². The fraction of sp³-hybridized carbons (Fsp3) is 0.528. The van der Waals surface area contributed by atoms with E-state index in [0.717, 1.165) is 68.4 Å². The summed E-state index contributed by atoms with van der Waals surface area (Å²) in [4.78, 5) is 48.9. The Morgan fingerprint density at radius 2 is 1.62 bits per heavy atom. The number of rotatable bonds is 8. The van der Waals surface area contributed by atoms with Crippen molar-refractivity contribution in [2.45, 2.75) is 74.5 Å². The predicted molar refractivity (Wildman–Crippen MR) is 181 cm³/mol. The summed E-state index contributed by atoms with van der Waals surface area (Å²) in [6.07, 6.45) is 5.52. The molecule has 2 atom stereocenters. The molecule has 2 aromatic rings. The van der Waals surface area contributed by atoms with Gasteiger partial charge in [-0.05, 0) is 94.3 Å². The molecule has 1 unspecified atom stereocenters. The first-order chi connectivity index (χ1) is 21.8. The quantitative estimate of drug-likeness (QED) is 0.370. The van der Waals surface area contributed by atoms with Crippen LogP contribution in [-0.4, -0.2) is 95.1 Å². The Bertz CT molecular complexity index is 1410. The van der Waals surface area contributed by atoms with Crippen molar-refractivity contribution in [1.82, 2.24) is 19.6 Å². The fourth-order valence-corrected chi connectivity index (χ4v) is 8.90. The van der Waals surface area contributed by atoms with E-state index in [1.54, 1.807) is 11.8 Å². The summed E-state index contributed by atoms with van der Waals surface area (Å²) in [5.41, 5.74) is 5.68. The average Bonchev–Trinajstić information content (AvgIpc) is 3.24. The van der Waals surface area contributed by atoms with Crippen molar-refractivity contribution in [2.75, 3.05) is 51.6 Å². The molecule has 0 aliphatic carbocycles. The summed E-state index contributed by atoms with van der Waals surface area (Å²) < 4.78 is 0. The van der Waals surface area contributed by atoms with E-state index in [1.807, 2.05) is 39.8 Å². The fourth-order valence-electron chi connectivity index (χ4n) is 7.38. The van der Waals surface area contributed by atoms with Gasteiger partial charge in [0, 0.05) is 44.3 Å². The highest BCUT2D eigenvalue weighted by Gasteiger charge is 2.43. The molecule has 1 N–H and O–H groups in total. The molecule has 0 saturated carbocycles. The maximum Gasteiger partial charge on any atom is 0.322 e. The van der Waals surface area contributed by atoms with Crippen LogP contribution in [0.5, 0.6) is 0 Å². The van der Waals surface area contributed by atoms with Gasteiger partial charge in [-0.3, -0.25) is 9.59 Å². The number of fused-ring (bicyclic) bond motifs is 1. The van der Waals surface area contributed by atoms with Crippen molar-refractivity contribution in [3.63, 3.8) is 0 Å². The van der Waals surface area contributed by atoms with Crippen molar-refractivity contribution < 1.29 is 14.4 Å². The van der Waals surface area contributed by atoms with Crippen molar-refractivity contribution in [3.8, 4) is 0 Å². The smallest absolute Gasteiger partial charge is 0.322 e. The number of piperidine rings is 2. The van der Waals surface area contributed by atoms with Crippen molar-refractivity contribution in [1.29, 1.82) is 0 Å². The number of amides is 4. The molecule has 9 heteroatoms. The van der Waals surface area contributed by atoms with Crippen LogP contribution in [0.1, 0.15) is 73.4 Å². The SMILES string of the molecule is C=C(C)CCN1C(=O)[C@H](CC(=O)N2CCC(N3CCc4ccccc4NC3=O)CC2)SC1c1ccccc1C1CCN(C)CC1. The second-order valence-corrected chi connectivity index (χ2v) is 14.6. The van der Waals surface area contributed by atoms with Gasteiger partial charge < -0.3 is 24.9 Å². The lowest BCUT2D eigenvalue weighted by molar-refractivity contribution is -0.136. The molecule has 0 spiro atoms. The molecule has 8 nitrogen and oxygen atoms in total. The molecule has 240 valence electrons. The molecule has 3 fully saturated rings. The Balaban J connectivity index is 1.10.